The maximum absolute atomic E-state index is 10.7. The average molecular weight is 193 g/mol. The van der Waals surface area contributed by atoms with Gasteiger partial charge in [0.05, 0.1) is 5.56 Å². The maximum Gasteiger partial charge on any atom is 0.206 e. The van der Waals surface area contributed by atoms with Crippen molar-refractivity contribution in [2.45, 2.75) is 12.8 Å². The van der Waals surface area contributed by atoms with E-state index in [0.717, 1.165) is 32.2 Å². The van der Waals surface area contributed by atoms with Crippen LogP contribution in [0.25, 0.3) is 0 Å². The van der Waals surface area contributed by atoms with Crippen LogP contribution in [-0.2, 0) is 0 Å². The van der Waals surface area contributed by atoms with E-state index in [1.807, 2.05) is 4.90 Å². The highest BCUT2D eigenvalue weighted by atomic mass is 16.4. The Bertz CT molecular complexity index is 350. The molecule has 0 saturated carbocycles. The van der Waals surface area contributed by atoms with E-state index < -0.39 is 0 Å². The molecule has 4 nitrogen and oxygen atoms in total. The molecule has 0 bridgehead atoms. The van der Waals surface area contributed by atoms with E-state index in [4.69, 9.17) is 4.42 Å². The van der Waals surface area contributed by atoms with Crippen molar-refractivity contribution < 1.29 is 14.0 Å². The number of rotatable bonds is 3. The molecule has 1 aromatic heterocycles. The summed E-state index contributed by atoms with van der Waals surface area (Å²) in [4.78, 5) is 23.2. The van der Waals surface area contributed by atoms with Crippen LogP contribution in [-0.4, -0.2) is 25.7 Å². The second kappa shape index (κ2) is 3.65. The predicted octanol–water partition coefficient (Wildman–Crippen LogP) is 1.50. The third-order valence-corrected chi connectivity index (χ3v) is 2.40. The molecule has 1 aromatic rings. The van der Waals surface area contributed by atoms with Crippen molar-refractivity contribution in [1.29, 1.82) is 0 Å². The van der Waals surface area contributed by atoms with Crippen LogP contribution in [0.15, 0.2) is 10.5 Å². The zero-order valence-electron chi connectivity index (χ0n) is 7.73. The van der Waals surface area contributed by atoms with E-state index in [1.54, 1.807) is 0 Å². The van der Waals surface area contributed by atoms with Gasteiger partial charge < -0.3 is 9.32 Å². The molecule has 0 spiro atoms. The first-order chi connectivity index (χ1) is 6.85. The molecule has 0 amide bonds. The van der Waals surface area contributed by atoms with E-state index in [0.29, 0.717) is 17.7 Å². The standard InChI is InChI=1S/C10H11NO3/c12-6-8-5-9(7-13)14-10(8)11-3-1-2-4-11/h5-7H,1-4H2. The Hall–Kier alpha value is -1.58. The molecule has 0 N–H and O–H groups in total. The molecule has 74 valence electrons. The molecule has 1 aliphatic heterocycles. The molecule has 0 atom stereocenters. The van der Waals surface area contributed by atoms with Crippen LogP contribution in [0.4, 0.5) is 5.88 Å². The quantitative estimate of drug-likeness (QED) is 0.682. The van der Waals surface area contributed by atoms with Crippen molar-refractivity contribution in [1.82, 2.24) is 0 Å². The molecular weight excluding hydrogens is 182 g/mol. The molecule has 0 aliphatic carbocycles. The van der Waals surface area contributed by atoms with Gasteiger partial charge in [0.15, 0.2) is 18.3 Å². The zero-order valence-corrected chi connectivity index (χ0v) is 7.73. The summed E-state index contributed by atoms with van der Waals surface area (Å²) in [5.41, 5.74) is 0.467. The summed E-state index contributed by atoms with van der Waals surface area (Å²) in [6.07, 6.45) is 3.56. The number of hydrogen-bond acceptors (Lipinski definition) is 4. The molecule has 2 heterocycles. The van der Waals surface area contributed by atoms with Gasteiger partial charge in [-0.05, 0) is 12.8 Å². The van der Waals surface area contributed by atoms with Crippen LogP contribution in [0, 0.1) is 0 Å². The largest absolute Gasteiger partial charge is 0.437 e. The molecule has 1 aliphatic rings. The van der Waals surface area contributed by atoms with E-state index >= 15 is 0 Å². The molecule has 14 heavy (non-hydrogen) atoms. The normalized spacial score (nSPS) is 15.9. The third kappa shape index (κ3) is 1.43. The zero-order chi connectivity index (χ0) is 9.97. The molecule has 4 heteroatoms. The highest BCUT2D eigenvalue weighted by molar-refractivity contribution is 5.86. The summed E-state index contributed by atoms with van der Waals surface area (Å²) in [5.74, 6) is 0.758. The second-order valence-electron chi connectivity index (χ2n) is 3.34. The van der Waals surface area contributed by atoms with Crippen molar-refractivity contribution in [2.75, 3.05) is 18.0 Å². The predicted molar refractivity (Wildman–Crippen MR) is 50.9 cm³/mol. The first kappa shape index (κ1) is 8.99. The van der Waals surface area contributed by atoms with Crippen molar-refractivity contribution >= 4 is 18.5 Å². The molecular formula is C10H11NO3. The van der Waals surface area contributed by atoms with Gasteiger partial charge in [-0.25, -0.2) is 0 Å². The SMILES string of the molecule is O=Cc1cc(C=O)c(N2CCCC2)o1. The summed E-state index contributed by atoms with van der Waals surface area (Å²) in [7, 11) is 0. The van der Waals surface area contributed by atoms with E-state index in [1.165, 1.54) is 6.07 Å². The number of hydrogen-bond donors (Lipinski definition) is 0. The van der Waals surface area contributed by atoms with Gasteiger partial charge in [-0.2, -0.15) is 0 Å². The van der Waals surface area contributed by atoms with Gasteiger partial charge in [-0.1, -0.05) is 0 Å². The maximum atomic E-state index is 10.7. The Labute approximate surface area is 81.5 Å². The Kier molecular flexibility index (Phi) is 2.35. The van der Waals surface area contributed by atoms with Crippen LogP contribution in [0.1, 0.15) is 33.8 Å². The summed E-state index contributed by atoms with van der Waals surface area (Å²) in [5, 5.41) is 0. The Morgan fingerprint density at radius 1 is 1.21 bits per heavy atom. The fourth-order valence-corrected chi connectivity index (χ4v) is 1.72. The number of aldehydes is 2. The van der Waals surface area contributed by atoms with Gasteiger partial charge in [-0.3, -0.25) is 9.59 Å². The second-order valence-corrected chi connectivity index (χ2v) is 3.34. The fourth-order valence-electron chi connectivity index (χ4n) is 1.72. The summed E-state index contributed by atoms with van der Waals surface area (Å²) in [6.45, 7) is 1.79. The minimum Gasteiger partial charge on any atom is -0.437 e. The number of anilines is 1. The minimum atomic E-state index is 0.217. The lowest BCUT2D eigenvalue weighted by molar-refractivity contribution is 0.109. The Balaban J connectivity index is 2.34. The van der Waals surface area contributed by atoms with Crippen molar-refractivity contribution in [3.05, 3.63) is 17.4 Å². The lowest BCUT2D eigenvalue weighted by Crippen LogP contribution is -2.18. The van der Waals surface area contributed by atoms with E-state index in [2.05, 4.69) is 0 Å². The smallest absolute Gasteiger partial charge is 0.206 e. The van der Waals surface area contributed by atoms with Crippen molar-refractivity contribution in [2.24, 2.45) is 0 Å². The fraction of sp³-hybridized carbons (Fsp3) is 0.400. The van der Waals surface area contributed by atoms with Gasteiger partial charge in [0, 0.05) is 19.2 Å². The molecule has 0 aromatic carbocycles. The van der Waals surface area contributed by atoms with Gasteiger partial charge >= 0.3 is 0 Å². The molecule has 1 saturated heterocycles. The molecule has 0 radical (unpaired) electrons. The number of carbonyl (C=O) groups excluding carboxylic acids is 2. The summed E-state index contributed by atoms with van der Waals surface area (Å²) in [6, 6.07) is 1.48. The number of carbonyl (C=O) groups is 2. The van der Waals surface area contributed by atoms with Crippen molar-refractivity contribution in [3.8, 4) is 0 Å². The average Bonchev–Trinajstić information content (AvgIpc) is 2.85. The Morgan fingerprint density at radius 2 is 1.93 bits per heavy atom. The van der Waals surface area contributed by atoms with E-state index in [-0.39, 0.29) is 5.76 Å². The number of furan rings is 1. The van der Waals surface area contributed by atoms with Gasteiger partial charge in [-0.15, -0.1) is 0 Å². The van der Waals surface area contributed by atoms with E-state index in [9.17, 15) is 9.59 Å². The Morgan fingerprint density at radius 3 is 2.50 bits per heavy atom. The monoisotopic (exact) mass is 193 g/mol. The minimum absolute atomic E-state index is 0.217. The van der Waals surface area contributed by atoms with Crippen LogP contribution in [0.5, 0.6) is 0 Å². The highest BCUT2D eigenvalue weighted by Gasteiger charge is 2.20. The van der Waals surface area contributed by atoms with Crippen LogP contribution in [0.2, 0.25) is 0 Å². The van der Waals surface area contributed by atoms with Crippen molar-refractivity contribution in [3.63, 3.8) is 0 Å². The molecule has 0 unspecified atom stereocenters. The van der Waals surface area contributed by atoms with Gasteiger partial charge in [0.2, 0.25) is 5.88 Å². The molecule has 1 fully saturated rings. The summed E-state index contributed by atoms with van der Waals surface area (Å²) >= 11 is 0. The third-order valence-electron chi connectivity index (χ3n) is 2.40. The van der Waals surface area contributed by atoms with Gasteiger partial charge in [0.25, 0.3) is 0 Å². The summed E-state index contributed by atoms with van der Waals surface area (Å²) < 4.78 is 5.27. The van der Waals surface area contributed by atoms with Crippen LogP contribution >= 0.6 is 0 Å². The highest BCUT2D eigenvalue weighted by Crippen LogP contribution is 2.26. The van der Waals surface area contributed by atoms with Crippen LogP contribution < -0.4 is 4.90 Å². The van der Waals surface area contributed by atoms with Gasteiger partial charge in [0.1, 0.15) is 0 Å². The number of nitrogens with zero attached hydrogens (tertiary/aromatic N) is 1. The molecule has 2 rings (SSSR count). The van der Waals surface area contributed by atoms with Crippen LogP contribution in [0.3, 0.4) is 0 Å². The first-order valence-corrected chi connectivity index (χ1v) is 4.64. The lowest BCUT2D eigenvalue weighted by atomic mass is 10.3. The first-order valence-electron chi connectivity index (χ1n) is 4.64. The lowest BCUT2D eigenvalue weighted by Gasteiger charge is -2.13. The topological polar surface area (TPSA) is 50.5 Å².